The van der Waals surface area contributed by atoms with E-state index < -0.39 is 0 Å². The first-order valence-electron chi connectivity index (χ1n) is 6.26. The first-order chi connectivity index (χ1) is 8.76. The molecule has 1 aromatic rings. The summed E-state index contributed by atoms with van der Waals surface area (Å²) in [6.45, 7) is 0. The molecule has 3 atom stereocenters. The Labute approximate surface area is 117 Å². The SMILES string of the molecule is COc1ccc([Te]C2CCC3CC(=O)OC32)cc1. The van der Waals surface area contributed by atoms with Gasteiger partial charge in [-0.1, -0.05) is 0 Å². The van der Waals surface area contributed by atoms with E-state index in [1.807, 2.05) is 12.1 Å². The molecular formula is C14H16O3Te. The fraction of sp³-hybridized carbons (Fsp3) is 0.500. The summed E-state index contributed by atoms with van der Waals surface area (Å²) in [6.07, 6.45) is 3.28. The molecule has 1 aliphatic heterocycles. The van der Waals surface area contributed by atoms with Gasteiger partial charge in [-0.2, -0.15) is 0 Å². The van der Waals surface area contributed by atoms with E-state index in [4.69, 9.17) is 9.47 Å². The Morgan fingerprint density at radius 1 is 1.28 bits per heavy atom. The molecule has 1 aromatic carbocycles. The van der Waals surface area contributed by atoms with Crippen LogP contribution in [0.2, 0.25) is 3.97 Å². The van der Waals surface area contributed by atoms with Crippen molar-refractivity contribution in [3.8, 4) is 5.75 Å². The van der Waals surface area contributed by atoms with Crippen LogP contribution in [-0.4, -0.2) is 40.1 Å². The number of hydrogen-bond donors (Lipinski definition) is 0. The second-order valence-corrected chi connectivity index (χ2v) is 8.57. The van der Waals surface area contributed by atoms with Crippen molar-refractivity contribution in [1.82, 2.24) is 0 Å². The summed E-state index contributed by atoms with van der Waals surface area (Å²) in [5.74, 6) is 1.42. The number of ether oxygens (including phenoxy) is 2. The van der Waals surface area contributed by atoms with Crippen molar-refractivity contribution in [3.05, 3.63) is 24.3 Å². The number of esters is 1. The second kappa shape index (κ2) is 5.11. The Bertz CT molecular complexity index is 443. The van der Waals surface area contributed by atoms with Gasteiger partial charge in [-0.05, 0) is 0 Å². The fourth-order valence-corrected chi connectivity index (χ4v) is 6.50. The molecule has 3 nitrogen and oxygen atoms in total. The predicted octanol–water partition coefficient (Wildman–Crippen LogP) is 1.54. The van der Waals surface area contributed by atoms with E-state index in [-0.39, 0.29) is 33.0 Å². The standard InChI is InChI=1S/C14H16O3Te/c1-16-10-3-5-11(6-4-10)18-12-7-2-9-8-13(15)17-14(9)12/h3-6,9,12,14H,2,7-8H2,1H3. The van der Waals surface area contributed by atoms with Gasteiger partial charge in [-0.3, -0.25) is 0 Å². The van der Waals surface area contributed by atoms with Gasteiger partial charge >= 0.3 is 117 Å². The van der Waals surface area contributed by atoms with Gasteiger partial charge in [0.1, 0.15) is 0 Å². The fourth-order valence-electron chi connectivity index (χ4n) is 2.77. The van der Waals surface area contributed by atoms with Crippen molar-refractivity contribution >= 4 is 30.5 Å². The van der Waals surface area contributed by atoms with Crippen LogP contribution in [0.15, 0.2) is 24.3 Å². The molecular weight excluding hydrogens is 344 g/mol. The molecule has 4 heteroatoms. The third kappa shape index (κ3) is 2.37. The summed E-state index contributed by atoms with van der Waals surface area (Å²) >= 11 is -0.277. The number of carbonyl (C=O) groups is 1. The number of rotatable bonds is 3. The van der Waals surface area contributed by atoms with E-state index in [0.717, 1.165) is 5.75 Å². The zero-order valence-corrected chi connectivity index (χ0v) is 12.6. The van der Waals surface area contributed by atoms with Crippen molar-refractivity contribution in [2.24, 2.45) is 5.92 Å². The van der Waals surface area contributed by atoms with E-state index in [0.29, 0.717) is 16.3 Å². The second-order valence-electron chi connectivity index (χ2n) is 4.83. The first kappa shape index (κ1) is 12.3. The topological polar surface area (TPSA) is 35.5 Å². The number of benzene rings is 1. The summed E-state index contributed by atoms with van der Waals surface area (Å²) in [4.78, 5) is 11.3. The molecule has 3 unspecified atom stereocenters. The number of methoxy groups -OCH3 is 1. The quantitative estimate of drug-likeness (QED) is 0.606. The van der Waals surface area contributed by atoms with Gasteiger partial charge in [-0.15, -0.1) is 0 Å². The molecule has 1 saturated heterocycles. The Morgan fingerprint density at radius 2 is 2.06 bits per heavy atom. The van der Waals surface area contributed by atoms with E-state index >= 15 is 0 Å². The molecule has 1 saturated carbocycles. The van der Waals surface area contributed by atoms with E-state index in [1.165, 1.54) is 16.5 Å². The van der Waals surface area contributed by atoms with Gasteiger partial charge in [0.25, 0.3) is 0 Å². The average molecular weight is 360 g/mol. The molecule has 18 heavy (non-hydrogen) atoms. The minimum atomic E-state index is -0.277. The minimum absolute atomic E-state index is 0.0110. The normalized spacial score (nSPS) is 30.1. The predicted molar refractivity (Wildman–Crippen MR) is 69.4 cm³/mol. The number of hydrogen-bond acceptors (Lipinski definition) is 3. The zero-order chi connectivity index (χ0) is 12.5. The molecule has 2 fully saturated rings. The maximum atomic E-state index is 11.3. The molecule has 0 aromatic heterocycles. The molecule has 2 aliphatic rings. The van der Waals surface area contributed by atoms with Crippen molar-refractivity contribution in [3.63, 3.8) is 0 Å². The van der Waals surface area contributed by atoms with Crippen molar-refractivity contribution in [2.75, 3.05) is 7.11 Å². The van der Waals surface area contributed by atoms with Crippen LogP contribution in [0.4, 0.5) is 0 Å². The summed E-state index contributed by atoms with van der Waals surface area (Å²) in [5, 5.41) is 0. The maximum absolute atomic E-state index is 11.3. The van der Waals surface area contributed by atoms with Crippen molar-refractivity contribution < 1.29 is 14.3 Å². The Kier molecular flexibility index (Phi) is 3.50. The molecule has 0 radical (unpaired) electrons. The number of carbonyl (C=O) groups excluding carboxylic acids is 1. The summed E-state index contributed by atoms with van der Waals surface area (Å²) in [7, 11) is 1.69. The average Bonchev–Trinajstić information content (AvgIpc) is 2.91. The molecule has 3 rings (SSSR count). The third-order valence-electron chi connectivity index (χ3n) is 3.70. The van der Waals surface area contributed by atoms with E-state index in [9.17, 15) is 4.79 Å². The Morgan fingerprint density at radius 3 is 2.78 bits per heavy atom. The summed E-state index contributed by atoms with van der Waals surface area (Å²) in [5.41, 5.74) is 0. The molecule has 0 spiro atoms. The van der Waals surface area contributed by atoms with Gasteiger partial charge in [0.05, 0.1) is 0 Å². The van der Waals surface area contributed by atoms with Crippen LogP contribution in [0.25, 0.3) is 0 Å². The van der Waals surface area contributed by atoms with Crippen LogP contribution in [0.5, 0.6) is 5.75 Å². The molecule has 0 N–H and O–H groups in total. The first-order valence-corrected chi connectivity index (χ1v) is 8.77. The van der Waals surface area contributed by atoms with Crippen LogP contribution in [0.3, 0.4) is 0 Å². The molecule has 1 aliphatic carbocycles. The van der Waals surface area contributed by atoms with Gasteiger partial charge in [0.2, 0.25) is 0 Å². The van der Waals surface area contributed by atoms with Gasteiger partial charge in [-0.25, -0.2) is 0 Å². The number of fused-ring (bicyclic) bond motifs is 1. The van der Waals surface area contributed by atoms with Crippen LogP contribution in [0, 0.1) is 5.92 Å². The van der Waals surface area contributed by atoms with Gasteiger partial charge < -0.3 is 0 Å². The third-order valence-corrected chi connectivity index (χ3v) is 7.55. The molecule has 96 valence electrons. The summed E-state index contributed by atoms with van der Waals surface area (Å²) in [6, 6.07) is 8.36. The van der Waals surface area contributed by atoms with Crippen LogP contribution >= 0.6 is 0 Å². The Hall–Kier alpha value is -0.720. The molecule has 1 heterocycles. The van der Waals surface area contributed by atoms with Gasteiger partial charge in [0.15, 0.2) is 0 Å². The monoisotopic (exact) mass is 362 g/mol. The van der Waals surface area contributed by atoms with Crippen LogP contribution in [0.1, 0.15) is 19.3 Å². The van der Waals surface area contributed by atoms with E-state index in [1.54, 1.807) is 7.11 Å². The zero-order valence-electron chi connectivity index (χ0n) is 10.3. The molecule has 0 amide bonds. The Balaban J connectivity index is 1.67. The van der Waals surface area contributed by atoms with Crippen molar-refractivity contribution in [2.45, 2.75) is 29.3 Å². The molecule has 0 bridgehead atoms. The van der Waals surface area contributed by atoms with Crippen LogP contribution in [-0.2, 0) is 9.53 Å². The van der Waals surface area contributed by atoms with Gasteiger partial charge in [0, 0.05) is 0 Å². The summed E-state index contributed by atoms with van der Waals surface area (Å²) < 4.78 is 12.7. The van der Waals surface area contributed by atoms with E-state index in [2.05, 4.69) is 12.1 Å². The van der Waals surface area contributed by atoms with Crippen LogP contribution < -0.4 is 8.35 Å². The van der Waals surface area contributed by atoms with Crippen molar-refractivity contribution in [1.29, 1.82) is 0 Å².